The molecule has 0 spiro atoms. The summed E-state index contributed by atoms with van der Waals surface area (Å²) in [7, 11) is 0. The molecule has 0 radical (unpaired) electrons. The number of nitrogens with one attached hydrogen (secondary N) is 1. The number of nitrogens with two attached hydrogens (primary N) is 1. The van der Waals surface area contributed by atoms with E-state index in [1.165, 1.54) is 0 Å². The summed E-state index contributed by atoms with van der Waals surface area (Å²) in [6.45, 7) is 7.22. The van der Waals surface area contributed by atoms with Gasteiger partial charge >= 0.3 is 0 Å². The Morgan fingerprint density at radius 3 is 2.75 bits per heavy atom. The van der Waals surface area contributed by atoms with Crippen molar-refractivity contribution in [2.24, 2.45) is 11.7 Å². The van der Waals surface area contributed by atoms with Gasteiger partial charge in [0.1, 0.15) is 6.10 Å². The van der Waals surface area contributed by atoms with Crippen LogP contribution in [0.1, 0.15) is 39.2 Å². The molecule has 0 heterocycles. The first-order chi connectivity index (χ1) is 9.52. The van der Waals surface area contributed by atoms with Gasteiger partial charge in [-0.1, -0.05) is 26.0 Å². The predicted molar refractivity (Wildman–Crippen MR) is 82.4 cm³/mol. The van der Waals surface area contributed by atoms with Crippen molar-refractivity contribution < 1.29 is 9.53 Å². The first kappa shape index (κ1) is 16.7. The summed E-state index contributed by atoms with van der Waals surface area (Å²) >= 11 is 0. The van der Waals surface area contributed by atoms with Crippen LogP contribution < -0.4 is 11.1 Å². The molecule has 4 nitrogen and oxygen atoms in total. The first-order valence-electron chi connectivity index (χ1n) is 7.24. The molecule has 1 rings (SSSR count). The number of rotatable bonds is 8. The van der Waals surface area contributed by atoms with E-state index in [1.807, 2.05) is 24.3 Å². The maximum atomic E-state index is 12.0. The van der Waals surface area contributed by atoms with Crippen LogP contribution in [0, 0.1) is 5.92 Å². The Hall–Kier alpha value is -1.39. The number of carbonyl (C=O) groups excluding carboxylic acids is 1. The maximum absolute atomic E-state index is 12.0. The summed E-state index contributed by atoms with van der Waals surface area (Å²) in [6.07, 6.45) is 1.66. The van der Waals surface area contributed by atoms with Gasteiger partial charge in [-0.3, -0.25) is 4.79 Å². The molecular weight excluding hydrogens is 252 g/mol. The molecule has 4 heteroatoms. The molecule has 1 atom stereocenters. The highest BCUT2D eigenvalue weighted by Gasteiger charge is 2.13. The van der Waals surface area contributed by atoms with Gasteiger partial charge in [0.2, 0.25) is 0 Å². The fourth-order valence-electron chi connectivity index (χ4n) is 1.85. The zero-order chi connectivity index (χ0) is 15.0. The summed E-state index contributed by atoms with van der Waals surface area (Å²) in [4.78, 5) is 12.0. The van der Waals surface area contributed by atoms with E-state index in [1.54, 1.807) is 6.92 Å². The third-order valence-corrected chi connectivity index (χ3v) is 3.09. The zero-order valence-electron chi connectivity index (χ0n) is 12.7. The molecule has 1 aromatic carbocycles. The van der Waals surface area contributed by atoms with Crippen molar-refractivity contribution in [3.63, 3.8) is 0 Å². The van der Waals surface area contributed by atoms with E-state index in [0.717, 1.165) is 24.1 Å². The molecule has 0 saturated heterocycles. The Labute approximate surface area is 121 Å². The Kier molecular flexibility index (Phi) is 7.26. The van der Waals surface area contributed by atoms with Crippen LogP contribution in [0.25, 0.3) is 0 Å². The molecule has 3 N–H and O–H groups in total. The van der Waals surface area contributed by atoms with Crippen molar-refractivity contribution in [2.45, 2.75) is 46.3 Å². The topological polar surface area (TPSA) is 64.3 Å². The minimum Gasteiger partial charge on any atom is -0.369 e. The predicted octanol–water partition coefficient (Wildman–Crippen LogP) is 2.93. The highest BCUT2D eigenvalue weighted by atomic mass is 16.5. The van der Waals surface area contributed by atoms with E-state index >= 15 is 0 Å². The largest absolute Gasteiger partial charge is 0.369 e. The monoisotopic (exact) mass is 278 g/mol. The van der Waals surface area contributed by atoms with Crippen molar-refractivity contribution in [2.75, 3.05) is 11.9 Å². The molecule has 1 aromatic rings. The van der Waals surface area contributed by atoms with Gasteiger partial charge in [0, 0.05) is 18.8 Å². The minimum absolute atomic E-state index is 0.122. The third-order valence-electron chi connectivity index (χ3n) is 3.09. The molecule has 112 valence electrons. The van der Waals surface area contributed by atoms with E-state index in [4.69, 9.17) is 10.5 Å². The summed E-state index contributed by atoms with van der Waals surface area (Å²) < 4.78 is 5.55. The molecular formula is C16H26N2O2. The average Bonchev–Trinajstić information content (AvgIpc) is 2.43. The number of benzene rings is 1. The molecule has 0 aliphatic rings. The normalized spacial score (nSPS) is 12.4. The summed E-state index contributed by atoms with van der Waals surface area (Å²) in [6, 6.07) is 7.54. The first-order valence-corrected chi connectivity index (χ1v) is 7.24. The van der Waals surface area contributed by atoms with Gasteiger partial charge in [-0.15, -0.1) is 0 Å². The van der Waals surface area contributed by atoms with E-state index < -0.39 is 6.10 Å². The van der Waals surface area contributed by atoms with Gasteiger partial charge in [-0.05, 0) is 43.4 Å². The van der Waals surface area contributed by atoms with Crippen LogP contribution in [0.3, 0.4) is 0 Å². The molecule has 0 saturated carbocycles. The number of carbonyl (C=O) groups is 1. The Balaban J connectivity index is 2.37. The van der Waals surface area contributed by atoms with Crippen molar-refractivity contribution in [3.8, 4) is 0 Å². The van der Waals surface area contributed by atoms with Crippen LogP contribution in [-0.2, 0) is 16.1 Å². The molecule has 1 unspecified atom stereocenters. The van der Waals surface area contributed by atoms with Gasteiger partial charge < -0.3 is 15.8 Å². The fraction of sp³-hybridized carbons (Fsp3) is 0.562. The molecule has 0 aliphatic carbocycles. The standard InChI is InChI=1S/C16H26N2O2/c1-12(2)6-5-9-20-13(3)16(19)18-15-8-4-7-14(10-15)11-17/h4,7-8,10,12-13H,5-6,9,11,17H2,1-3H3,(H,18,19). The van der Waals surface area contributed by atoms with Crippen molar-refractivity contribution in [1.82, 2.24) is 0 Å². The lowest BCUT2D eigenvalue weighted by molar-refractivity contribution is -0.126. The van der Waals surface area contributed by atoms with Crippen LogP contribution in [0.2, 0.25) is 0 Å². The Morgan fingerprint density at radius 1 is 1.35 bits per heavy atom. The SMILES string of the molecule is CC(C)CCCOC(C)C(=O)Nc1cccc(CN)c1. The van der Waals surface area contributed by atoms with E-state index in [0.29, 0.717) is 19.1 Å². The second-order valence-corrected chi connectivity index (χ2v) is 5.44. The van der Waals surface area contributed by atoms with Gasteiger partial charge in [0.15, 0.2) is 0 Å². The van der Waals surface area contributed by atoms with Crippen LogP contribution in [-0.4, -0.2) is 18.6 Å². The molecule has 0 fully saturated rings. The van der Waals surface area contributed by atoms with Gasteiger partial charge in [0.25, 0.3) is 5.91 Å². The lowest BCUT2D eigenvalue weighted by Gasteiger charge is -2.14. The van der Waals surface area contributed by atoms with Crippen molar-refractivity contribution in [3.05, 3.63) is 29.8 Å². The van der Waals surface area contributed by atoms with Gasteiger partial charge in [-0.2, -0.15) is 0 Å². The number of amides is 1. The Morgan fingerprint density at radius 2 is 2.10 bits per heavy atom. The highest BCUT2D eigenvalue weighted by Crippen LogP contribution is 2.11. The summed E-state index contributed by atoms with van der Waals surface area (Å²) in [5.41, 5.74) is 7.33. The smallest absolute Gasteiger partial charge is 0.253 e. The van der Waals surface area contributed by atoms with Gasteiger partial charge in [-0.25, -0.2) is 0 Å². The summed E-state index contributed by atoms with van der Waals surface area (Å²) in [5.74, 6) is 0.547. The van der Waals surface area contributed by atoms with E-state index in [2.05, 4.69) is 19.2 Å². The number of ether oxygens (including phenoxy) is 1. The molecule has 20 heavy (non-hydrogen) atoms. The van der Waals surface area contributed by atoms with Crippen molar-refractivity contribution >= 4 is 11.6 Å². The molecule has 0 aromatic heterocycles. The molecule has 0 bridgehead atoms. The minimum atomic E-state index is -0.441. The fourth-order valence-corrected chi connectivity index (χ4v) is 1.85. The molecule has 1 amide bonds. The maximum Gasteiger partial charge on any atom is 0.253 e. The average molecular weight is 278 g/mol. The lowest BCUT2D eigenvalue weighted by atomic mass is 10.1. The second-order valence-electron chi connectivity index (χ2n) is 5.44. The van der Waals surface area contributed by atoms with Crippen molar-refractivity contribution in [1.29, 1.82) is 0 Å². The Bertz CT molecular complexity index is 419. The van der Waals surface area contributed by atoms with E-state index in [-0.39, 0.29) is 5.91 Å². The number of hydrogen-bond donors (Lipinski definition) is 2. The number of hydrogen-bond acceptors (Lipinski definition) is 3. The van der Waals surface area contributed by atoms with Crippen LogP contribution in [0.4, 0.5) is 5.69 Å². The van der Waals surface area contributed by atoms with Crippen LogP contribution in [0.15, 0.2) is 24.3 Å². The quantitative estimate of drug-likeness (QED) is 0.719. The summed E-state index contributed by atoms with van der Waals surface area (Å²) in [5, 5.41) is 2.85. The van der Waals surface area contributed by atoms with Gasteiger partial charge in [0.05, 0.1) is 0 Å². The zero-order valence-corrected chi connectivity index (χ0v) is 12.7. The highest BCUT2D eigenvalue weighted by molar-refractivity contribution is 5.93. The number of anilines is 1. The lowest BCUT2D eigenvalue weighted by Crippen LogP contribution is -2.28. The molecule has 0 aliphatic heterocycles. The van der Waals surface area contributed by atoms with Crippen LogP contribution >= 0.6 is 0 Å². The van der Waals surface area contributed by atoms with Crippen LogP contribution in [0.5, 0.6) is 0 Å². The second kappa shape index (κ2) is 8.72. The third kappa shape index (κ3) is 6.17. The van der Waals surface area contributed by atoms with E-state index in [9.17, 15) is 4.79 Å².